The van der Waals surface area contributed by atoms with Gasteiger partial charge in [0, 0.05) is 10.5 Å². The van der Waals surface area contributed by atoms with E-state index in [1.165, 1.54) is 11.1 Å². The number of thioether (sulfide) groups is 1. The lowest BCUT2D eigenvalue weighted by atomic mass is 9.88. The maximum absolute atomic E-state index is 2.64. The van der Waals surface area contributed by atoms with E-state index in [-0.39, 0.29) is 0 Å². The number of benzene rings is 1. The summed E-state index contributed by atoms with van der Waals surface area (Å²) in [5.41, 5.74) is 6.33. The fraction of sp³-hybridized carbons (Fsp3) is 0.385. The predicted molar refractivity (Wildman–Crippen MR) is 152 cm³/mol. The number of fused-ring (bicyclic) bond motifs is 3. The van der Waals surface area contributed by atoms with Gasteiger partial charge in [-0.3, -0.25) is 0 Å². The highest BCUT2D eigenvalue weighted by Crippen LogP contribution is 2.56. The van der Waals surface area contributed by atoms with Crippen LogP contribution in [0.2, 0.25) is 52.4 Å². The van der Waals surface area contributed by atoms with E-state index in [9.17, 15) is 0 Å². The summed E-state index contributed by atoms with van der Waals surface area (Å²) in [7, 11) is -3.69. The summed E-state index contributed by atoms with van der Waals surface area (Å²) in [5.74, 6) is 0.432. The van der Waals surface area contributed by atoms with Crippen molar-refractivity contribution >= 4 is 69.4 Å². The molecule has 3 aliphatic rings. The van der Waals surface area contributed by atoms with Crippen molar-refractivity contribution in [1.29, 1.82) is 0 Å². The van der Waals surface area contributed by atoms with E-state index in [1.54, 1.807) is 29.9 Å². The normalized spacial score (nSPS) is 22.6. The van der Waals surface area contributed by atoms with Gasteiger partial charge in [0.2, 0.25) is 0 Å². The highest BCUT2D eigenvalue weighted by atomic mass is 32.2. The minimum atomic E-state index is -1.46. The minimum Gasteiger partial charge on any atom is -0.145 e. The van der Waals surface area contributed by atoms with E-state index < -0.39 is 24.9 Å². The van der Waals surface area contributed by atoms with Gasteiger partial charge in [-0.1, -0.05) is 88.8 Å². The van der Waals surface area contributed by atoms with Crippen molar-refractivity contribution in [2.24, 2.45) is 0 Å². The molecule has 2 atom stereocenters. The molecule has 0 spiro atoms. The van der Waals surface area contributed by atoms with Crippen LogP contribution in [0.5, 0.6) is 0 Å². The maximum Gasteiger partial charge on any atom is 0.0904 e. The van der Waals surface area contributed by atoms with E-state index in [4.69, 9.17) is 0 Å². The van der Waals surface area contributed by atoms with Crippen molar-refractivity contribution in [3.8, 4) is 0 Å². The van der Waals surface area contributed by atoms with Gasteiger partial charge in [0.1, 0.15) is 0 Å². The third-order valence-electron chi connectivity index (χ3n) is 6.75. The van der Waals surface area contributed by atoms with Crippen molar-refractivity contribution in [2.45, 2.75) is 63.5 Å². The van der Waals surface area contributed by atoms with Crippen molar-refractivity contribution in [2.75, 3.05) is 0 Å². The molecular formula is C26H34S2Si3. The molecule has 1 aromatic carbocycles. The Hall–Kier alpha value is -0.859. The molecule has 1 aliphatic heterocycles. The zero-order valence-corrected chi connectivity index (χ0v) is 24.9. The Morgan fingerprint density at radius 2 is 1.61 bits per heavy atom. The van der Waals surface area contributed by atoms with Gasteiger partial charge >= 0.3 is 0 Å². The van der Waals surface area contributed by atoms with E-state index in [2.05, 4.69) is 118 Å². The quantitative estimate of drug-likeness (QED) is 0.492. The van der Waals surface area contributed by atoms with Crippen LogP contribution in [0.15, 0.2) is 46.5 Å². The SMILES string of the molecule is C[SiH](C)C1=c2sc([Si](C)(C)C)cc2=C2C(C3C=Cc4ccccc43)=C([Si](C)(C)C)SC21. The maximum atomic E-state index is 2.64. The molecule has 1 aromatic heterocycles. The third-order valence-corrected chi connectivity index (χ3v) is 18.8. The first-order chi connectivity index (χ1) is 14.5. The van der Waals surface area contributed by atoms with Crippen LogP contribution in [-0.2, 0) is 0 Å². The number of hydrogen-bond donors (Lipinski definition) is 0. The Bertz CT molecular complexity index is 1260. The second-order valence-corrected chi connectivity index (χ2v) is 27.4. The average molecular weight is 495 g/mol. The highest BCUT2D eigenvalue weighted by Gasteiger charge is 2.45. The molecular weight excluding hydrogens is 461 g/mol. The van der Waals surface area contributed by atoms with Gasteiger partial charge < -0.3 is 0 Å². The summed E-state index contributed by atoms with van der Waals surface area (Å²) in [6.07, 6.45) is 4.86. The van der Waals surface area contributed by atoms with E-state index in [0.29, 0.717) is 11.2 Å². The first-order valence-corrected chi connectivity index (χ1v) is 23.1. The molecule has 0 saturated heterocycles. The molecule has 2 heterocycles. The van der Waals surface area contributed by atoms with Crippen LogP contribution in [0.1, 0.15) is 17.0 Å². The molecule has 0 saturated carbocycles. The highest BCUT2D eigenvalue weighted by molar-refractivity contribution is 8.07. The molecule has 0 amide bonds. The molecule has 162 valence electrons. The predicted octanol–water partition coefficient (Wildman–Crippen LogP) is 5.69. The topological polar surface area (TPSA) is 0 Å². The van der Waals surface area contributed by atoms with Crippen molar-refractivity contribution in [3.05, 3.63) is 67.4 Å². The lowest BCUT2D eigenvalue weighted by molar-refractivity contribution is 1.05. The Morgan fingerprint density at radius 1 is 0.903 bits per heavy atom. The summed E-state index contributed by atoms with van der Waals surface area (Å²) >= 11 is 4.41. The zero-order valence-electron chi connectivity index (χ0n) is 20.1. The molecule has 0 bridgehead atoms. The van der Waals surface area contributed by atoms with Gasteiger partial charge in [0.05, 0.1) is 30.2 Å². The molecule has 2 unspecified atom stereocenters. The van der Waals surface area contributed by atoms with E-state index in [1.807, 2.05) is 5.20 Å². The van der Waals surface area contributed by atoms with Gasteiger partial charge in [-0.25, -0.2) is 0 Å². The second-order valence-electron chi connectivity index (χ2n) is 11.6. The number of rotatable bonds is 4. The number of thiophene rings is 1. The van der Waals surface area contributed by atoms with Gasteiger partial charge in [-0.15, -0.1) is 23.1 Å². The summed E-state index contributed by atoms with van der Waals surface area (Å²) in [5, 5.41) is 4.06. The van der Waals surface area contributed by atoms with E-state index in [0.717, 1.165) is 0 Å². The summed E-state index contributed by atoms with van der Waals surface area (Å²) < 4.78 is 5.12. The summed E-state index contributed by atoms with van der Waals surface area (Å²) in [4.78, 5) is 0. The molecule has 5 rings (SSSR count). The molecule has 5 heteroatoms. The lowest BCUT2D eigenvalue weighted by Gasteiger charge is -2.23. The van der Waals surface area contributed by atoms with E-state index >= 15 is 0 Å². The van der Waals surface area contributed by atoms with Gasteiger partial charge in [-0.05, 0) is 47.8 Å². The summed E-state index contributed by atoms with van der Waals surface area (Å²) in [6, 6.07) is 11.7. The van der Waals surface area contributed by atoms with Crippen LogP contribution in [0.25, 0.3) is 16.8 Å². The molecule has 2 aromatic rings. The molecule has 0 N–H and O–H groups in total. The molecule has 0 radical (unpaired) electrons. The number of hydrogen-bond acceptors (Lipinski definition) is 2. The molecule has 31 heavy (non-hydrogen) atoms. The fourth-order valence-corrected chi connectivity index (χ4v) is 15.8. The van der Waals surface area contributed by atoms with Gasteiger partial charge in [0.15, 0.2) is 0 Å². The Kier molecular flexibility index (Phi) is 5.19. The van der Waals surface area contributed by atoms with Crippen molar-refractivity contribution in [1.82, 2.24) is 0 Å². The third kappa shape index (κ3) is 3.43. The van der Waals surface area contributed by atoms with Crippen LogP contribution in [0.4, 0.5) is 0 Å². The van der Waals surface area contributed by atoms with Crippen LogP contribution in [0.3, 0.4) is 0 Å². The molecule has 0 nitrogen and oxygen atoms in total. The molecule has 0 fully saturated rings. The standard InChI is InChI=1S/C26H34S2Si3/c1-29(2)25-23-19(15-20(27-23)30(3,4)5)21-22(26(28-24(21)25)31(6,7)8)18-14-13-16-11-9-10-12-17(16)18/h9-15,18,24,29H,1-8H3. The number of allylic oxidation sites excluding steroid dienone is 2. The Morgan fingerprint density at radius 3 is 2.26 bits per heavy atom. The largest absolute Gasteiger partial charge is 0.145 e. The van der Waals surface area contributed by atoms with Gasteiger partial charge in [-0.2, -0.15) is 0 Å². The monoisotopic (exact) mass is 494 g/mol. The Labute approximate surface area is 199 Å². The minimum absolute atomic E-state index is 0.432. The second kappa shape index (κ2) is 7.32. The first kappa shape index (κ1) is 22.0. The smallest absolute Gasteiger partial charge is 0.0904 e. The average Bonchev–Trinajstić information content (AvgIpc) is 3.38. The lowest BCUT2D eigenvalue weighted by Crippen LogP contribution is -2.35. The van der Waals surface area contributed by atoms with Crippen LogP contribution in [0, 0.1) is 0 Å². The van der Waals surface area contributed by atoms with Crippen LogP contribution >= 0.6 is 23.1 Å². The first-order valence-electron chi connectivity index (χ1n) is 11.6. The Balaban J connectivity index is 1.82. The summed E-state index contributed by atoms with van der Waals surface area (Å²) in [6.45, 7) is 20.3. The molecule has 2 aliphatic carbocycles. The van der Waals surface area contributed by atoms with Crippen molar-refractivity contribution in [3.63, 3.8) is 0 Å². The van der Waals surface area contributed by atoms with Crippen LogP contribution in [-0.4, -0.2) is 30.2 Å². The van der Waals surface area contributed by atoms with Crippen LogP contribution < -0.4 is 14.3 Å². The fourth-order valence-electron chi connectivity index (χ4n) is 5.26. The van der Waals surface area contributed by atoms with Crippen molar-refractivity contribution < 1.29 is 0 Å². The zero-order chi connectivity index (χ0) is 22.3. The van der Waals surface area contributed by atoms with Gasteiger partial charge in [0.25, 0.3) is 0 Å².